The van der Waals surface area contributed by atoms with Crippen molar-refractivity contribution in [1.29, 1.82) is 0 Å². The first-order valence-electron chi connectivity index (χ1n) is 7.01. The van der Waals surface area contributed by atoms with Crippen molar-refractivity contribution in [3.8, 4) is 5.75 Å². The van der Waals surface area contributed by atoms with Crippen molar-refractivity contribution in [3.05, 3.63) is 52.8 Å². The molecule has 0 aliphatic heterocycles. The molecule has 134 valence electrons. The number of methoxy groups -OCH3 is 1. The number of rotatable bonds is 6. The van der Waals surface area contributed by atoms with Crippen LogP contribution in [-0.2, 0) is 14.8 Å². The Balaban J connectivity index is 2.62. The Morgan fingerprint density at radius 2 is 2.00 bits per heavy atom. The van der Waals surface area contributed by atoms with Crippen LogP contribution in [0, 0.1) is 12.7 Å². The third-order valence-corrected chi connectivity index (χ3v) is 5.66. The molecule has 0 unspecified atom stereocenters. The zero-order valence-electron chi connectivity index (χ0n) is 13.4. The standard InChI is InChI=1S/C16H15ClFNO5S/c1-10-12(17)4-3-5-14(10)19(9-16(20)21)25(22,23)11-6-7-15(24-2)13(18)8-11/h3-8H,9H2,1-2H3,(H,20,21). The van der Waals surface area contributed by atoms with Crippen molar-refractivity contribution in [1.82, 2.24) is 0 Å². The Morgan fingerprint density at radius 1 is 1.32 bits per heavy atom. The van der Waals surface area contributed by atoms with E-state index in [-0.39, 0.29) is 16.5 Å². The molecule has 2 aromatic rings. The van der Waals surface area contributed by atoms with E-state index in [1.54, 1.807) is 13.0 Å². The smallest absolute Gasteiger partial charge is 0.324 e. The normalized spacial score (nSPS) is 11.2. The largest absolute Gasteiger partial charge is 0.494 e. The van der Waals surface area contributed by atoms with Crippen LogP contribution in [0.25, 0.3) is 0 Å². The monoisotopic (exact) mass is 387 g/mol. The van der Waals surface area contributed by atoms with E-state index in [4.69, 9.17) is 21.4 Å². The molecule has 6 nitrogen and oxygen atoms in total. The lowest BCUT2D eigenvalue weighted by Gasteiger charge is -2.25. The lowest BCUT2D eigenvalue weighted by atomic mass is 10.2. The van der Waals surface area contributed by atoms with E-state index in [1.807, 2.05) is 0 Å². The number of carboxylic acids is 1. The maximum atomic E-state index is 13.9. The number of carboxylic acid groups (broad SMARTS) is 1. The maximum Gasteiger partial charge on any atom is 0.324 e. The van der Waals surface area contributed by atoms with Gasteiger partial charge in [0.25, 0.3) is 10.0 Å². The summed E-state index contributed by atoms with van der Waals surface area (Å²) in [6.45, 7) is 0.730. The summed E-state index contributed by atoms with van der Waals surface area (Å²) in [5, 5.41) is 9.40. The molecule has 2 aromatic carbocycles. The zero-order chi connectivity index (χ0) is 18.8. The summed E-state index contributed by atoms with van der Waals surface area (Å²) in [5.74, 6) is -2.36. The van der Waals surface area contributed by atoms with Gasteiger partial charge in [-0.2, -0.15) is 0 Å². The lowest BCUT2D eigenvalue weighted by molar-refractivity contribution is -0.135. The maximum absolute atomic E-state index is 13.9. The van der Waals surface area contributed by atoms with Crippen LogP contribution in [0.15, 0.2) is 41.3 Å². The summed E-state index contributed by atoms with van der Waals surface area (Å²) < 4.78 is 45.1. The molecule has 0 aliphatic carbocycles. The summed E-state index contributed by atoms with van der Waals surface area (Å²) >= 11 is 6.01. The number of halogens is 2. The molecule has 0 aromatic heterocycles. The highest BCUT2D eigenvalue weighted by Crippen LogP contribution is 2.31. The minimum Gasteiger partial charge on any atom is -0.494 e. The molecule has 0 saturated heterocycles. The van der Waals surface area contributed by atoms with E-state index in [0.717, 1.165) is 18.2 Å². The molecule has 2 rings (SSSR count). The molecule has 0 amide bonds. The van der Waals surface area contributed by atoms with Crippen LogP contribution in [0.5, 0.6) is 5.75 Å². The van der Waals surface area contributed by atoms with Gasteiger partial charge in [0, 0.05) is 5.02 Å². The first kappa shape index (κ1) is 19.0. The van der Waals surface area contributed by atoms with Gasteiger partial charge in [-0.25, -0.2) is 12.8 Å². The van der Waals surface area contributed by atoms with E-state index in [0.29, 0.717) is 9.87 Å². The Hall–Kier alpha value is -2.32. The van der Waals surface area contributed by atoms with Crippen molar-refractivity contribution < 1.29 is 27.4 Å². The second kappa shape index (κ2) is 7.28. The first-order valence-corrected chi connectivity index (χ1v) is 8.83. The van der Waals surface area contributed by atoms with Crippen LogP contribution in [0.4, 0.5) is 10.1 Å². The molecule has 0 spiro atoms. The van der Waals surface area contributed by atoms with Crippen LogP contribution in [0.3, 0.4) is 0 Å². The van der Waals surface area contributed by atoms with Crippen LogP contribution in [0.2, 0.25) is 5.02 Å². The van der Waals surface area contributed by atoms with Gasteiger partial charge in [-0.15, -0.1) is 0 Å². The van der Waals surface area contributed by atoms with Gasteiger partial charge in [-0.1, -0.05) is 17.7 Å². The summed E-state index contributed by atoms with van der Waals surface area (Å²) in [5.41, 5.74) is 0.495. The fourth-order valence-corrected chi connectivity index (χ4v) is 3.88. The quantitative estimate of drug-likeness (QED) is 0.823. The van der Waals surface area contributed by atoms with Gasteiger partial charge in [0.05, 0.1) is 17.7 Å². The predicted molar refractivity (Wildman–Crippen MR) is 91.3 cm³/mol. The molecule has 0 saturated carbocycles. The first-order chi connectivity index (χ1) is 11.7. The Morgan fingerprint density at radius 3 is 2.56 bits per heavy atom. The Labute approximate surface area is 149 Å². The van der Waals surface area contributed by atoms with Gasteiger partial charge in [-0.05, 0) is 42.8 Å². The summed E-state index contributed by atoms with van der Waals surface area (Å²) in [7, 11) is -3.09. The third-order valence-electron chi connectivity index (χ3n) is 3.50. The van der Waals surface area contributed by atoms with E-state index >= 15 is 0 Å². The second-order valence-electron chi connectivity index (χ2n) is 5.09. The summed E-state index contributed by atoms with van der Waals surface area (Å²) in [4.78, 5) is 10.8. The van der Waals surface area contributed by atoms with E-state index in [9.17, 15) is 17.6 Å². The van der Waals surface area contributed by atoms with Crippen LogP contribution in [-0.4, -0.2) is 33.1 Å². The number of sulfonamides is 1. The molecule has 0 fully saturated rings. The van der Waals surface area contributed by atoms with Crippen molar-refractivity contribution in [2.24, 2.45) is 0 Å². The molecule has 0 atom stereocenters. The van der Waals surface area contributed by atoms with Crippen molar-refractivity contribution >= 4 is 33.3 Å². The summed E-state index contributed by atoms with van der Waals surface area (Å²) in [6.07, 6.45) is 0. The number of benzene rings is 2. The van der Waals surface area contributed by atoms with E-state index in [1.165, 1.54) is 19.2 Å². The van der Waals surface area contributed by atoms with Crippen LogP contribution >= 0.6 is 11.6 Å². The minimum absolute atomic E-state index is 0.103. The molecule has 9 heteroatoms. The van der Waals surface area contributed by atoms with Crippen LogP contribution < -0.4 is 9.04 Å². The molecule has 1 N–H and O–H groups in total. The number of anilines is 1. The highest BCUT2D eigenvalue weighted by Gasteiger charge is 2.29. The number of hydrogen-bond acceptors (Lipinski definition) is 4. The molecule has 25 heavy (non-hydrogen) atoms. The number of nitrogens with zero attached hydrogens (tertiary/aromatic N) is 1. The fraction of sp³-hybridized carbons (Fsp3) is 0.188. The highest BCUT2D eigenvalue weighted by molar-refractivity contribution is 7.92. The van der Waals surface area contributed by atoms with Gasteiger partial charge < -0.3 is 9.84 Å². The van der Waals surface area contributed by atoms with Gasteiger partial charge >= 0.3 is 5.97 Å². The van der Waals surface area contributed by atoms with E-state index < -0.39 is 33.3 Å². The van der Waals surface area contributed by atoms with Gasteiger partial charge in [0.15, 0.2) is 11.6 Å². The van der Waals surface area contributed by atoms with Crippen molar-refractivity contribution in [2.75, 3.05) is 18.0 Å². The molecule has 0 aliphatic rings. The summed E-state index contributed by atoms with van der Waals surface area (Å²) in [6, 6.07) is 7.57. The van der Waals surface area contributed by atoms with Gasteiger partial charge in [0.1, 0.15) is 6.54 Å². The SMILES string of the molecule is COc1ccc(S(=O)(=O)N(CC(=O)O)c2cccc(Cl)c2C)cc1F. The number of carbonyl (C=O) groups is 1. The highest BCUT2D eigenvalue weighted by atomic mass is 35.5. The lowest BCUT2D eigenvalue weighted by Crippen LogP contribution is -2.36. The Bertz CT molecular complexity index is 917. The molecular weight excluding hydrogens is 373 g/mol. The fourth-order valence-electron chi connectivity index (χ4n) is 2.22. The zero-order valence-corrected chi connectivity index (χ0v) is 14.9. The van der Waals surface area contributed by atoms with Crippen LogP contribution in [0.1, 0.15) is 5.56 Å². The van der Waals surface area contributed by atoms with Crippen molar-refractivity contribution in [3.63, 3.8) is 0 Å². The third kappa shape index (κ3) is 3.85. The minimum atomic E-state index is -4.34. The number of aliphatic carboxylic acids is 1. The molecule has 0 bridgehead atoms. The predicted octanol–water partition coefficient (Wildman–Crippen LogP) is 3.08. The number of ether oxygens (including phenoxy) is 1. The van der Waals surface area contributed by atoms with E-state index in [2.05, 4.69) is 0 Å². The topological polar surface area (TPSA) is 83.9 Å². The molecule has 0 radical (unpaired) electrons. The molecular formula is C16H15ClFNO5S. The second-order valence-corrected chi connectivity index (χ2v) is 7.36. The molecule has 0 heterocycles. The average Bonchev–Trinajstić information content (AvgIpc) is 2.55. The van der Waals surface area contributed by atoms with Gasteiger partial charge in [0.2, 0.25) is 0 Å². The average molecular weight is 388 g/mol. The number of hydrogen-bond donors (Lipinski definition) is 1. The Kier molecular flexibility index (Phi) is 5.54. The van der Waals surface area contributed by atoms with Crippen molar-refractivity contribution in [2.45, 2.75) is 11.8 Å². The van der Waals surface area contributed by atoms with Gasteiger partial charge in [-0.3, -0.25) is 9.10 Å².